The van der Waals surface area contributed by atoms with Crippen LogP contribution < -0.4 is 9.46 Å². The Morgan fingerprint density at radius 3 is 2.60 bits per heavy atom. The van der Waals surface area contributed by atoms with E-state index in [1.54, 1.807) is 11.9 Å². The molecule has 1 aliphatic carbocycles. The number of benzene rings is 1. The molecule has 0 aliphatic heterocycles. The predicted octanol–water partition coefficient (Wildman–Crippen LogP) is 4.88. The summed E-state index contributed by atoms with van der Waals surface area (Å²) >= 11 is 1.79. The second-order valence-corrected chi connectivity index (χ2v) is 8.55. The maximum absolute atomic E-state index is 5.91. The van der Waals surface area contributed by atoms with Crippen molar-refractivity contribution in [2.45, 2.75) is 58.2 Å². The molecule has 1 aromatic rings. The van der Waals surface area contributed by atoms with Gasteiger partial charge in [-0.2, -0.15) is 0 Å². The molecule has 0 amide bonds. The Balaban J connectivity index is 1.98. The van der Waals surface area contributed by atoms with Crippen molar-refractivity contribution < 1.29 is 4.74 Å². The van der Waals surface area contributed by atoms with Crippen molar-refractivity contribution >= 4 is 11.9 Å². The van der Waals surface area contributed by atoms with Gasteiger partial charge in [-0.3, -0.25) is 4.72 Å². The highest BCUT2D eigenvalue weighted by Gasteiger charge is 2.22. The fraction of sp³-hybridized carbons (Fsp3) is 0.647. The molecule has 1 atom stereocenters. The highest BCUT2D eigenvalue weighted by molar-refractivity contribution is 7.98. The van der Waals surface area contributed by atoms with Gasteiger partial charge < -0.3 is 4.74 Å². The molecule has 2 nitrogen and oxygen atoms in total. The highest BCUT2D eigenvalue weighted by atomic mass is 32.2. The lowest BCUT2D eigenvalue weighted by molar-refractivity contribution is 0.299. The molecule has 0 bridgehead atoms. The van der Waals surface area contributed by atoms with Crippen molar-refractivity contribution in [1.82, 2.24) is 4.72 Å². The summed E-state index contributed by atoms with van der Waals surface area (Å²) in [4.78, 5) is 0. The first-order chi connectivity index (χ1) is 9.33. The molecule has 0 aromatic heterocycles. The third kappa shape index (κ3) is 5.37. The Kier molecular flexibility index (Phi) is 5.03. The molecule has 2 rings (SSSR count). The van der Waals surface area contributed by atoms with Crippen LogP contribution in [0, 0.1) is 12.8 Å². The van der Waals surface area contributed by atoms with Gasteiger partial charge in [-0.05, 0) is 76.6 Å². The Hall–Kier alpha value is -0.670. The average molecular weight is 293 g/mol. The lowest BCUT2D eigenvalue weighted by Gasteiger charge is -2.22. The largest absolute Gasteiger partial charge is 0.493 e. The van der Waals surface area contributed by atoms with E-state index in [4.69, 9.17) is 4.74 Å². The Labute approximate surface area is 127 Å². The van der Waals surface area contributed by atoms with Crippen LogP contribution in [-0.4, -0.2) is 11.4 Å². The van der Waals surface area contributed by atoms with E-state index in [2.05, 4.69) is 57.5 Å². The number of ether oxygens (including phenoxy) is 1. The lowest BCUT2D eigenvalue weighted by atomic mass is 10.1. The molecule has 112 valence electrons. The van der Waals surface area contributed by atoms with Crippen molar-refractivity contribution in [3.63, 3.8) is 0 Å². The molecule has 1 aromatic carbocycles. The summed E-state index contributed by atoms with van der Waals surface area (Å²) in [7, 11) is 0. The second kappa shape index (κ2) is 6.40. The van der Waals surface area contributed by atoms with Gasteiger partial charge in [0.05, 0.1) is 6.61 Å². The predicted molar refractivity (Wildman–Crippen MR) is 88.3 cm³/mol. The van der Waals surface area contributed by atoms with Gasteiger partial charge in [0.25, 0.3) is 0 Å². The van der Waals surface area contributed by atoms with E-state index in [9.17, 15) is 0 Å². The Bertz CT molecular complexity index is 449. The van der Waals surface area contributed by atoms with E-state index in [-0.39, 0.29) is 4.75 Å². The maximum atomic E-state index is 5.91. The number of aryl methyl sites for hydroxylation is 1. The van der Waals surface area contributed by atoms with Crippen LogP contribution in [0.2, 0.25) is 0 Å². The minimum atomic E-state index is 0.226. The fourth-order valence-corrected chi connectivity index (χ4v) is 2.61. The van der Waals surface area contributed by atoms with Gasteiger partial charge in [0.15, 0.2) is 0 Å². The molecule has 0 heterocycles. The van der Waals surface area contributed by atoms with Gasteiger partial charge >= 0.3 is 0 Å². The lowest BCUT2D eigenvalue weighted by Crippen LogP contribution is -2.20. The molecule has 0 radical (unpaired) electrons. The smallest absolute Gasteiger partial charge is 0.119 e. The summed E-state index contributed by atoms with van der Waals surface area (Å²) < 4.78 is 9.67. The van der Waals surface area contributed by atoms with Crippen molar-refractivity contribution in [2.24, 2.45) is 5.92 Å². The van der Waals surface area contributed by atoms with Gasteiger partial charge in [-0.1, -0.05) is 18.0 Å². The van der Waals surface area contributed by atoms with Crippen LogP contribution in [0.3, 0.4) is 0 Å². The zero-order valence-corrected chi connectivity index (χ0v) is 14.1. The average Bonchev–Trinajstić information content (AvgIpc) is 3.16. The standard InChI is InChI=1S/C17H27NOS/c1-12-8-15(13(2)18-20-17(3,4)5)10-16(9-12)19-11-14-6-7-14/h8-10,13-14,18H,6-7,11H2,1-5H3/t13-/m0/s1. The van der Waals surface area contributed by atoms with Gasteiger partial charge in [0.1, 0.15) is 5.75 Å². The molecule has 0 saturated heterocycles. The normalized spacial score (nSPS) is 17.1. The van der Waals surface area contributed by atoms with Crippen molar-refractivity contribution in [1.29, 1.82) is 0 Å². The summed E-state index contributed by atoms with van der Waals surface area (Å²) in [6, 6.07) is 6.87. The molecule has 1 saturated carbocycles. The molecule has 0 spiro atoms. The van der Waals surface area contributed by atoms with Crippen molar-refractivity contribution in [3.05, 3.63) is 29.3 Å². The molecular weight excluding hydrogens is 266 g/mol. The van der Waals surface area contributed by atoms with Crippen LogP contribution in [-0.2, 0) is 0 Å². The molecular formula is C17H27NOS. The summed E-state index contributed by atoms with van der Waals surface area (Å²) in [6.45, 7) is 11.9. The topological polar surface area (TPSA) is 21.3 Å². The zero-order chi connectivity index (χ0) is 14.8. The molecule has 1 N–H and O–H groups in total. The SMILES string of the molecule is Cc1cc(OCC2CC2)cc([C@H](C)NSC(C)(C)C)c1. The first kappa shape index (κ1) is 15.7. The van der Waals surface area contributed by atoms with Gasteiger partial charge in [-0.15, -0.1) is 0 Å². The van der Waals surface area contributed by atoms with Gasteiger partial charge in [0.2, 0.25) is 0 Å². The van der Waals surface area contributed by atoms with E-state index < -0.39 is 0 Å². The van der Waals surface area contributed by atoms with Crippen molar-refractivity contribution in [2.75, 3.05) is 6.61 Å². The fourth-order valence-electron chi connectivity index (χ4n) is 1.94. The van der Waals surface area contributed by atoms with Crippen LogP contribution in [0.1, 0.15) is 57.7 Å². The third-order valence-electron chi connectivity index (χ3n) is 3.30. The first-order valence-electron chi connectivity index (χ1n) is 7.51. The Morgan fingerprint density at radius 1 is 1.30 bits per heavy atom. The molecule has 1 aliphatic rings. The van der Waals surface area contributed by atoms with E-state index >= 15 is 0 Å². The number of hydrogen-bond donors (Lipinski definition) is 1. The highest BCUT2D eigenvalue weighted by Crippen LogP contribution is 2.31. The van der Waals surface area contributed by atoms with E-state index in [0.29, 0.717) is 6.04 Å². The first-order valence-corrected chi connectivity index (χ1v) is 8.33. The molecule has 1 fully saturated rings. The Morgan fingerprint density at radius 2 is 2.00 bits per heavy atom. The van der Waals surface area contributed by atoms with Crippen LogP contribution in [0.15, 0.2) is 18.2 Å². The quantitative estimate of drug-likeness (QED) is 0.755. The summed E-state index contributed by atoms with van der Waals surface area (Å²) in [6.07, 6.45) is 2.66. The number of nitrogens with one attached hydrogen (secondary N) is 1. The number of rotatable bonds is 6. The van der Waals surface area contributed by atoms with Crippen LogP contribution in [0.5, 0.6) is 5.75 Å². The van der Waals surface area contributed by atoms with Crippen LogP contribution >= 0.6 is 11.9 Å². The number of hydrogen-bond acceptors (Lipinski definition) is 3. The molecule has 0 unspecified atom stereocenters. The third-order valence-corrected chi connectivity index (χ3v) is 4.38. The summed E-state index contributed by atoms with van der Waals surface area (Å²) in [5.41, 5.74) is 2.57. The van der Waals surface area contributed by atoms with Crippen LogP contribution in [0.4, 0.5) is 0 Å². The van der Waals surface area contributed by atoms with E-state index in [1.165, 1.54) is 24.0 Å². The van der Waals surface area contributed by atoms with E-state index in [0.717, 1.165) is 18.3 Å². The minimum absolute atomic E-state index is 0.226. The zero-order valence-electron chi connectivity index (χ0n) is 13.3. The minimum Gasteiger partial charge on any atom is -0.493 e. The molecule has 3 heteroatoms. The van der Waals surface area contributed by atoms with Gasteiger partial charge in [-0.25, -0.2) is 0 Å². The second-order valence-electron chi connectivity index (χ2n) is 6.89. The van der Waals surface area contributed by atoms with Crippen molar-refractivity contribution in [3.8, 4) is 5.75 Å². The monoisotopic (exact) mass is 293 g/mol. The van der Waals surface area contributed by atoms with Crippen LogP contribution in [0.25, 0.3) is 0 Å². The maximum Gasteiger partial charge on any atom is 0.119 e. The summed E-state index contributed by atoms with van der Waals surface area (Å²) in [5.74, 6) is 1.81. The van der Waals surface area contributed by atoms with Gasteiger partial charge in [0, 0.05) is 10.8 Å². The van der Waals surface area contributed by atoms with E-state index in [1.807, 2.05) is 0 Å². The summed E-state index contributed by atoms with van der Waals surface area (Å²) in [5, 5.41) is 0. The molecule has 20 heavy (non-hydrogen) atoms.